The molecule has 0 aromatic carbocycles. The van der Waals surface area contributed by atoms with E-state index in [1.54, 1.807) is 11.3 Å². The number of rotatable bonds is 8. The van der Waals surface area contributed by atoms with Gasteiger partial charge in [-0.3, -0.25) is 4.57 Å². The highest BCUT2D eigenvalue weighted by Crippen LogP contribution is 2.34. The Morgan fingerprint density at radius 1 is 1.33 bits per heavy atom. The maximum atomic E-state index is 10.7. The van der Waals surface area contributed by atoms with Crippen LogP contribution in [0.15, 0.2) is 29.4 Å². The van der Waals surface area contributed by atoms with Gasteiger partial charge in [0.25, 0.3) is 0 Å². The van der Waals surface area contributed by atoms with E-state index < -0.39 is 13.9 Å². The van der Waals surface area contributed by atoms with Crippen molar-refractivity contribution in [2.45, 2.75) is 40.2 Å². The van der Waals surface area contributed by atoms with Crippen LogP contribution in [-0.4, -0.2) is 16.1 Å². The molecule has 1 aromatic rings. The summed E-state index contributed by atoms with van der Waals surface area (Å²) >= 11 is 1.58. The van der Waals surface area contributed by atoms with Crippen molar-refractivity contribution in [3.63, 3.8) is 0 Å². The molecule has 0 spiro atoms. The van der Waals surface area contributed by atoms with Gasteiger partial charge in [0.2, 0.25) is 0 Å². The third-order valence-corrected chi connectivity index (χ3v) is 4.19. The summed E-state index contributed by atoms with van der Waals surface area (Å²) in [5.41, 5.74) is 2.65. The molecule has 0 radical (unpaired) electrons. The predicted molar refractivity (Wildman–Crippen MR) is 88.3 cm³/mol. The molecule has 0 amide bonds. The zero-order chi connectivity index (χ0) is 15.9. The molecule has 2 N–H and O–H groups in total. The van der Waals surface area contributed by atoms with Crippen LogP contribution in [0, 0.1) is 0 Å². The fourth-order valence-corrected chi connectivity index (χ4v) is 3.02. The van der Waals surface area contributed by atoms with Crippen LogP contribution >= 0.6 is 18.9 Å². The molecule has 0 saturated carbocycles. The van der Waals surface area contributed by atoms with Crippen LogP contribution in [0.1, 0.15) is 43.4 Å². The normalized spacial score (nSPS) is 12.5. The molecule has 0 atom stereocenters. The molecule has 0 fully saturated rings. The molecule has 0 aliphatic carbocycles. The number of ether oxygens (including phenoxy) is 1. The van der Waals surface area contributed by atoms with Crippen LogP contribution in [0.5, 0.6) is 0 Å². The minimum Gasteiger partial charge on any atom is -0.363 e. The van der Waals surface area contributed by atoms with Gasteiger partial charge < -0.3 is 14.5 Å². The van der Waals surface area contributed by atoms with E-state index in [9.17, 15) is 4.57 Å². The van der Waals surface area contributed by atoms with Crippen molar-refractivity contribution in [1.29, 1.82) is 0 Å². The average Bonchev–Trinajstić information content (AvgIpc) is 2.74. The molecule has 1 rings (SSSR count). The number of allylic oxidation sites excluding steroid dienone is 3. The van der Waals surface area contributed by atoms with Crippen LogP contribution < -0.4 is 0 Å². The quantitative estimate of drug-likeness (QED) is 0.542. The lowest BCUT2D eigenvalue weighted by molar-refractivity contribution is 0.147. The Kier molecular flexibility index (Phi) is 7.57. The molecule has 0 aliphatic heterocycles. The number of hydrogen-bond acceptors (Lipinski definition) is 3. The van der Waals surface area contributed by atoms with Gasteiger partial charge in [0.15, 0.2) is 0 Å². The van der Waals surface area contributed by atoms with Crippen molar-refractivity contribution in [3.05, 3.63) is 39.1 Å². The van der Waals surface area contributed by atoms with E-state index in [-0.39, 0.29) is 6.61 Å². The molecule has 0 bridgehead atoms. The average molecular weight is 330 g/mol. The smallest absolute Gasteiger partial charge is 0.350 e. The first kappa shape index (κ1) is 18.3. The van der Waals surface area contributed by atoms with Crippen molar-refractivity contribution in [2.75, 3.05) is 6.35 Å². The van der Waals surface area contributed by atoms with E-state index in [0.29, 0.717) is 0 Å². The van der Waals surface area contributed by atoms with Crippen LogP contribution in [0.2, 0.25) is 0 Å². The van der Waals surface area contributed by atoms with Crippen LogP contribution in [-0.2, 0) is 15.9 Å². The van der Waals surface area contributed by atoms with Crippen molar-refractivity contribution in [1.82, 2.24) is 0 Å². The SMILES string of the molecule is CC(C)=CCCC(C)=Cc1ccc(COCP(=O)(O)O)s1. The third kappa shape index (κ3) is 9.02. The molecule has 6 heteroatoms. The maximum Gasteiger partial charge on any atom is 0.350 e. The summed E-state index contributed by atoms with van der Waals surface area (Å²) in [7, 11) is -4.07. The van der Waals surface area contributed by atoms with E-state index >= 15 is 0 Å². The minimum absolute atomic E-state index is 0.237. The second-order valence-corrected chi connectivity index (χ2v) is 8.04. The van der Waals surface area contributed by atoms with Gasteiger partial charge in [-0.05, 0) is 51.8 Å². The summed E-state index contributed by atoms with van der Waals surface area (Å²) < 4.78 is 15.7. The van der Waals surface area contributed by atoms with E-state index in [4.69, 9.17) is 14.5 Å². The summed E-state index contributed by atoms with van der Waals surface area (Å²) in [6.07, 6.45) is 5.93. The van der Waals surface area contributed by atoms with E-state index in [1.165, 1.54) is 11.1 Å². The number of hydrogen-bond donors (Lipinski definition) is 2. The highest BCUT2D eigenvalue weighted by Gasteiger charge is 2.12. The largest absolute Gasteiger partial charge is 0.363 e. The molecular weight excluding hydrogens is 307 g/mol. The highest BCUT2D eigenvalue weighted by molar-refractivity contribution is 7.51. The Labute approximate surface area is 130 Å². The zero-order valence-corrected chi connectivity index (χ0v) is 14.4. The maximum absolute atomic E-state index is 10.7. The predicted octanol–water partition coefficient (Wildman–Crippen LogP) is 4.55. The van der Waals surface area contributed by atoms with Gasteiger partial charge in [-0.25, -0.2) is 0 Å². The second-order valence-electron chi connectivity index (χ2n) is 5.26. The highest BCUT2D eigenvalue weighted by atomic mass is 32.1. The van der Waals surface area contributed by atoms with Crippen molar-refractivity contribution in [3.8, 4) is 0 Å². The second kappa shape index (κ2) is 8.66. The first-order valence-corrected chi connectivity index (χ1v) is 9.39. The molecule has 0 saturated heterocycles. The zero-order valence-electron chi connectivity index (χ0n) is 12.7. The topological polar surface area (TPSA) is 66.8 Å². The summed E-state index contributed by atoms with van der Waals surface area (Å²) in [5.74, 6) is 0. The van der Waals surface area contributed by atoms with E-state index in [0.717, 1.165) is 22.6 Å². The molecule has 0 aliphatic rings. The molecule has 1 heterocycles. The fraction of sp³-hybridized carbons (Fsp3) is 0.467. The lowest BCUT2D eigenvalue weighted by atomic mass is 10.1. The summed E-state index contributed by atoms with van der Waals surface area (Å²) in [5, 5.41) is 0. The number of thiophene rings is 1. The Bertz CT molecular complexity index is 550. The standard InChI is InChI=1S/C15H23O4PS/c1-12(2)5-4-6-13(3)9-14-7-8-15(21-14)10-19-11-20(16,17)18/h5,7-9H,4,6,10-11H2,1-3H3,(H2,16,17,18). The van der Waals surface area contributed by atoms with Gasteiger partial charge in [0.1, 0.15) is 6.35 Å². The minimum atomic E-state index is -4.07. The van der Waals surface area contributed by atoms with E-state index in [2.05, 4.69) is 32.9 Å². The molecule has 1 aromatic heterocycles. The van der Waals surface area contributed by atoms with Crippen LogP contribution in [0.3, 0.4) is 0 Å². The molecule has 118 valence electrons. The molecule has 21 heavy (non-hydrogen) atoms. The van der Waals surface area contributed by atoms with Crippen LogP contribution in [0.25, 0.3) is 6.08 Å². The first-order chi connectivity index (χ1) is 9.76. The monoisotopic (exact) mass is 330 g/mol. The summed E-state index contributed by atoms with van der Waals surface area (Å²) in [4.78, 5) is 19.5. The van der Waals surface area contributed by atoms with E-state index in [1.807, 2.05) is 12.1 Å². The van der Waals surface area contributed by atoms with Gasteiger partial charge in [-0.15, -0.1) is 11.3 Å². The third-order valence-electron chi connectivity index (χ3n) is 2.67. The van der Waals surface area contributed by atoms with Gasteiger partial charge >= 0.3 is 7.60 Å². The first-order valence-electron chi connectivity index (χ1n) is 6.78. The summed E-state index contributed by atoms with van der Waals surface area (Å²) in [6, 6.07) is 3.94. The molecule has 4 nitrogen and oxygen atoms in total. The van der Waals surface area contributed by atoms with Crippen LogP contribution in [0.4, 0.5) is 0 Å². The lowest BCUT2D eigenvalue weighted by Gasteiger charge is -2.03. The fourth-order valence-electron chi connectivity index (χ4n) is 1.72. The Hall–Kier alpha value is -0.710. The Morgan fingerprint density at radius 2 is 2.05 bits per heavy atom. The Balaban J connectivity index is 2.47. The Morgan fingerprint density at radius 3 is 2.67 bits per heavy atom. The summed E-state index contributed by atoms with van der Waals surface area (Å²) in [6.45, 7) is 6.55. The van der Waals surface area contributed by atoms with Crippen molar-refractivity contribution in [2.24, 2.45) is 0 Å². The van der Waals surface area contributed by atoms with Gasteiger partial charge in [0.05, 0.1) is 6.61 Å². The lowest BCUT2D eigenvalue weighted by Crippen LogP contribution is -1.94. The van der Waals surface area contributed by atoms with Gasteiger partial charge in [-0.1, -0.05) is 17.2 Å². The van der Waals surface area contributed by atoms with Gasteiger partial charge in [-0.2, -0.15) is 0 Å². The molecule has 0 unspecified atom stereocenters. The van der Waals surface area contributed by atoms with Crippen molar-refractivity contribution >= 4 is 25.0 Å². The van der Waals surface area contributed by atoms with Crippen molar-refractivity contribution < 1.29 is 19.1 Å². The van der Waals surface area contributed by atoms with Gasteiger partial charge in [0, 0.05) is 9.75 Å². The molecular formula is C15H23O4PS.